The third-order valence-corrected chi connectivity index (χ3v) is 2.79. The molecule has 11 heteroatoms. The van der Waals surface area contributed by atoms with Crippen molar-refractivity contribution in [1.29, 1.82) is 0 Å². The van der Waals surface area contributed by atoms with Gasteiger partial charge in [0.1, 0.15) is 6.54 Å². The molecule has 0 saturated carbocycles. The van der Waals surface area contributed by atoms with Gasteiger partial charge in [0.25, 0.3) is 0 Å². The standard InChI is InChI=1S/C13H22N6O5/c1-7(2)3-8(14)12-18-10(24-19-12)5-15-9(20)4-16-13(23)17-6-11(21)22/h7-8H,3-6,14H2,1-2H3,(H,15,20)(H,21,22)(H2,16,17,23). The van der Waals surface area contributed by atoms with E-state index in [1.165, 1.54) is 0 Å². The molecule has 134 valence electrons. The van der Waals surface area contributed by atoms with Gasteiger partial charge in [0.05, 0.1) is 19.1 Å². The molecule has 0 aliphatic rings. The number of hydrogen-bond acceptors (Lipinski definition) is 7. The highest BCUT2D eigenvalue weighted by Crippen LogP contribution is 2.15. The summed E-state index contributed by atoms with van der Waals surface area (Å²) >= 11 is 0. The molecule has 1 aromatic heterocycles. The molecule has 6 N–H and O–H groups in total. The van der Waals surface area contributed by atoms with Gasteiger partial charge in [-0.05, 0) is 12.3 Å². The first-order chi connectivity index (χ1) is 11.3. The smallest absolute Gasteiger partial charge is 0.323 e. The van der Waals surface area contributed by atoms with Crippen LogP contribution < -0.4 is 21.7 Å². The predicted molar refractivity (Wildman–Crippen MR) is 81.6 cm³/mol. The molecule has 0 aliphatic heterocycles. The summed E-state index contributed by atoms with van der Waals surface area (Å²) in [7, 11) is 0. The predicted octanol–water partition coefficient (Wildman–Crippen LogP) is -0.884. The molecule has 1 atom stereocenters. The first-order valence-electron chi connectivity index (χ1n) is 7.36. The molecule has 0 spiro atoms. The molecule has 1 unspecified atom stereocenters. The maximum atomic E-state index is 11.6. The van der Waals surface area contributed by atoms with Crippen LogP contribution in [0.5, 0.6) is 0 Å². The van der Waals surface area contributed by atoms with E-state index in [1.807, 2.05) is 13.8 Å². The number of amides is 3. The first kappa shape index (κ1) is 19.4. The molecule has 3 amide bonds. The van der Waals surface area contributed by atoms with Crippen LogP contribution in [-0.4, -0.2) is 46.2 Å². The monoisotopic (exact) mass is 342 g/mol. The second kappa shape index (κ2) is 9.45. The van der Waals surface area contributed by atoms with Crippen LogP contribution in [0.1, 0.15) is 38.0 Å². The summed E-state index contributed by atoms with van der Waals surface area (Å²) < 4.78 is 4.99. The van der Waals surface area contributed by atoms with Crippen LogP contribution in [-0.2, 0) is 16.1 Å². The van der Waals surface area contributed by atoms with Crippen LogP contribution in [0.4, 0.5) is 4.79 Å². The normalized spacial score (nSPS) is 11.8. The molecule has 0 saturated heterocycles. The van der Waals surface area contributed by atoms with E-state index in [0.717, 1.165) is 0 Å². The Balaban J connectivity index is 2.31. The zero-order valence-corrected chi connectivity index (χ0v) is 13.5. The van der Waals surface area contributed by atoms with Gasteiger partial charge in [0.2, 0.25) is 11.8 Å². The molecule has 1 heterocycles. The Morgan fingerprint density at radius 2 is 1.88 bits per heavy atom. The lowest BCUT2D eigenvalue weighted by Gasteiger charge is -2.08. The van der Waals surface area contributed by atoms with Crippen LogP contribution >= 0.6 is 0 Å². The Hall–Kier alpha value is -2.69. The van der Waals surface area contributed by atoms with Gasteiger partial charge in [-0.15, -0.1) is 0 Å². The SMILES string of the molecule is CC(C)CC(N)c1noc(CNC(=O)CNC(=O)NCC(=O)O)n1. The summed E-state index contributed by atoms with van der Waals surface area (Å²) in [4.78, 5) is 37.1. The Morgan fingerprint density at radius 1 is 1.21 bits per heavy atom. The minimum absolute atomic E-state index is 0.00133. The summed E-state index contributed by atoms with van der Waals surface area (Å²) in [5.41, 5.74) is 5.93. The minimum atomic E-state index is -1.18. The summed E-state index contributed by atoms with van der Waals surface area (Å²) in [6.07, 6.45) is 0.709. The summed E-state index contributed by atoms with van der Waals surface area (Å²) in [6, 6.07) is -1.09. The summed E-state index contributed by atoms with van der Waals surface area (Å²) in [6.45, 7) is 3.20. The van der Waals surface area contributed by atoms with Crippen LogP contribution in [0.25, 0.3) is 0 Å². The molecule has 24 heavy (non-hydrogen) atoms. The number of carboxylic acid groups (broad SMARTS) is 1. The molecular weight excluding hydrogens is 320 g/mol. The number of urea groups is 1. The third kappa shape index (κ3) is 7.54. The number of carbonyl (C=O) groups is 3. The Morgan fingerprint density at radius 3 is 2.50 bits per heavy atom. The van der Waals surface area contributed by atoms with Crippen LogP contribution in [0.3, 0.4) is 0 Å². The van der Waals surface area contributed by atoms with E-state index in [2.05, 4.69) is 26.1 Å². The van der Waals surface area contributed by atoms with Gasteiger partial charge in [-0.3, -0.25) is 9.59 Å². The van der Waals surface area contributed by atoms with Crippen LogP contribution in [0.2, 0.25) is 0 Å². The van der Waals surface area contributed by atoms with Gasteiger partial charge in [-0.1, -0.05) is 19.0 Å². The quantitative estimate of drug-likeness (QED) is 0.384. The third-order valence-electron chi connectivity index (χ3n) is 2.79. The Bertz CT molecular complexity index is 573. The van der Waals surface area contributed by atoms with E-state index in [1.54, 1.807) is 0 Å². The summed E-state index contributed by atoms with van der Waals surface area (Å²) in [5, 5.41) is 18.9. The number of carboxylic acids is 1. The molecule has 1 rings (SSSR count). The van der Waals surface area contributed by atoms with Gasteiger partial charge in [0, 0.05) is 0 Å². The van der Waals surface area contributed by atoms with Crippen molar-refractivity contribution in [3.63, 3.8) is 0 Å². The highest BCUT2D eigenvalue weighted by atomic mass is 16.5. The topological polar surface area (TPSA) is 172 Å². The van der Waals surface area contributed by atoms with Crippen molar-refractivity contribution in [2.45, 2.75) is 32.9 Å². The number of carbonyl (C=O) groups excluding carboxylic acids is 2. The molecule has 0 aromatic carbocycles. The van der Waals surface area contributed by atoms with Gasteiger partial charge in [0.15, 0.2) is 5.82 Å². The number of aromatic nitrogens is 2. The lowest BCUT2D eigenvalue weighted by molar-refractivity contribution is -0.135. The number of aliphatic carboxylic acids is 1. The molecule has 0 bridgehead atoms. The molecule has 0 aliphatic carbocycles. The fraction of sp³-hybridized carbons (Fsp3) is 0.615. The average molecular weight is 342 g/mol. The van der Waals surface area contributed by atoms with E-state index in [9.17, 15) is 14.4 Å². The second-order valence-electron chi connectivity index (χ2n) is 5.49. The molecule has 0 fully saturated rings. The van der Waals surface area contributed by atoms with Crippen LogP contribution in [0, 0.1) is 5.92 Å². The lowest BCUT2D eigenvalue weighted by atomic mass is 10.0. The van der Waals surface area contributed by atoms with Crippen molar-refractivity contribution in [2.24, 2.45) is 11.7 Å². The minimum Gasteiger partial charge on any atom is -0.480 e. The lowest BCUT2D eigenvalue weighted by Crippen LogP contribution is -2.43. The molecular formula is C13H22N6O5. The Labute approximate surface area is 138 Å². The van der Waals surface area contributed by atoms with Gasteiger partial charge in [-0.25, -0.2) is 4.79 Å². The van der Waals surface area contributed by atoms with Crippen molar-refractivity contribution < 1.29 is 24.0 Å². The largest absolute Gasteiger partial charge is 0.480 e. The maximum Gasteiger partial charge on any atom is 0.323 e. The number of nitrogens with one attached hydrogen (secondary N) is 3. The highest BCUT2D eigenvalue weighted by molar-refractivity contribution is 5.85. The zero-order chi connectivity index (χ0) is 18.1. The fourth-order valence-electron chi connectivity index (χ4n) is 1.72. The summed E-state index contributed by atoms with van der Waals surface area (Å²) in [5.74, 6) is -0.712. The van der Waals surface area contributed by atoms with Gasteiger partial charge in [-0.2, -0.15) is 4.98 Å². The van der Waals surface area contributed by atoms with E-state index >= 15 is 0 Å². The average Bonchev–Trinajstić information content (AvgIpc) is 2.97. The highest BCUT2D eigenvalue weighted by Gasteiger charge is 2.16. The van der Waals surface area contributed by atoms with E-state index < -0.39 is 24.5 Å². The van der Waals surface area contributed by atoms with Crippen molar-refractivity contribution >= 4 is 17.9 Å². The zero-order valence-electron chi connectivity index (χ0n) is 13.5. The van der Waals surface area contributed by atoms with Crippen molar-refractivity contribution in [2.75, 3.05) is 13.1 Å². The molecule has 11 nitrogen and oxygen atoms in total. The van der Waals surface area contributed by atoms with Gasteiger partial charge < -0.3 is 31.3 Å². The van der Waals surface area contributed by atoms with Gasteiger partial charge >= 0.3 is 12.0 Å². The number of rotatable bonds is 9. The van der Waals surface area contributed by atoms with E-state index in [-0.39, 0.29) is 25.0 Å². The molecule has 0 radical (unpaired) electrons. The second-order valence-corrected chi connectivity index (χ2v) is 5.49. The van der Waals surface area contributed by atoms with E-state index in [4.69, 9.17) is 15.4 Å². The maximum absolute atomic E-state index is 11.6. The number of nitrogens with two attached hydrogens (primary N) is 1. The Kier molecular flexibility index (Phi) is 7.62. The van der Waals surface area contributed by atoms with E-state index in [0.29, 0.717) is 18.2 Å². The first-order valence-corrected chi connectivity index (χ1v) is 7.36. The van der Waals surface area contributed by atoms with Crippen molar-refractivity contribution in [3.8, 4) is 0 Å². The van der Waals surface area contributed by atoms with Crippen LogP contribution in [0.15, 0.2) is 4.52 Å². The fourth-order valence-corrected chi connectivity index (χ4v) is 1.72. The van der Waals surface area contributed by atoms with Crippen molar-refractivity contribution in [1.82, 2.24) is 26.1 Å². The molecule has 1 aromatic rings. The number of hydrogen-bond donors (Lipinski definition) is 5. The number of nitrogens with zero attached hydrogens (tertiary/aromatic N) is 2. The van der Waals surface area contributed by atoms with Crippen molar-refractivity contribution in [3.05, 3.63) is 11.7 Å².